The van der Waals surface area contributed by atoms with E-state index in [9.17, 15) is 9.59 Å². The second-order valence-electron chi connectivity index (χ2n) is 6.31. The number of aryl methyl sites for hydroxylation is 1. The van der Waals surface area contributed by atoms with Gasteiger partial charge in [0.15, 0.2) is 5.65 Å². The first-order chi connectivity index (χ1) is 11.0. The molecule has 0 aromatic carbocycles. The molecule has 1 amide bonds. The third-order valence-electron chi connectivity index (χ3n) is 4.36. The third-order valence-corrected chi connectivity index (χ3v) is 4.36. The van der Waals surface area contributed by atoms with E-state index in [1.54, 1.807) is 16.6 Å². The van der Waals surface area contributed by atoms with Crippen LogP contribution in [0.1, 0.15) is 26.2 Å². The molecule has 2 heterocycles. The number of nitrogens with zero attached hydrogens (tertiary/aromatic N) is 4. The highest BCUT2D eigenvalue weighted by atomic mass is 16.2. The Morgan fingerprint density at radius 2 is 2.30 bits per heavy atom. The fraction of sp³-hybridized carbons (Fsp3) is 0.600. The summed E-state index contributed by atoms with van der Waals surface area (Å²) >= 11 is 0. The summed E-state index contributed by atoms with van der Waals surface area (Å²) in [6.07, 6.45) is 4.64. The Labute approximate surface area is 133 Å². The molecule has 1 fully saturated rings. The van der Waals surface area contributed by atoms with Gasteiger partial charge < -0.3 is 10.2 Å². The lowest BCUT2D eigenvalue weighted by molar-refractivity contribution is -0.136. The number of hydrogen-bond donors (Lipinski definition) is 2. The zero-order valence-corrected chi connectivity index (χ0v) is 13.7. The van der Waals surface area contributed by atoms with Crippen molar-refractivity contribution in [1.29, 1.82) is 0 Å². The van der Waals surface area contributed by atoms with E-state index in [0.29, 0.717) is 23.5 Å². The van der Waals surface area contributed by atoms with Gasteiger partial charge in [-0.25, -0.2) is 0 Å². The molecule has 0 bridgehead atoms. The first-order valence-electron chi connectivity index (χ1n) is 7.89. The highest BCUT2D eigenvalue weighted by molar-refractivity contribution is 5.79. The van der Waals surface area contributed by atoms with E-state index in [1.165, 1.54) is 6.20 Å². The number of likely N-dealkylation sites (N-methyl/N-ethyl adjacent to an activating group) is 1. The molecule has 1 atom stereocenters. The molecule has 2 aromatic heterocycles. The van der Waals surface area contributed by atoms with Crippen LogP contribution in [0.4, 0.5) is 5.95 Å². The molecule has 0 saturated heterocycles. The van der Waals surface area contributed by atoms with Gasteiger partial charge in [0.1, 0.15) is 5.39 Å². The number of carbonyl (C=O) groups is 1. The number of carbonyl (C=O) groups excluding carboxylic acids is 1. The van der Waals surface area contributed by atoms with Crippen LogP contribution in [0.25, 0.3) is 11.0 Å². The molecule has 1 aliphatic carbocycles. The van der Waals surface area contributed by atoms with Crippen molar-refractivity contribution in [2.24, 2.45) is 13.0 Å². The maximum atomic E-state index is 12.2. The zero-order chi connectivity index (χ0) is 16.6. The topological polar surface area (TPSA) is 95.9 Å². The molecule has 0 radical (unpaired) electrons. The van der Waals surface area contributed by atoms with Crippen LogP contribution in [0.15, 0.2) is 11.0 Å². The summed E-state index contributed by atoms with van der Waals surface area (Å²) in [7, 11) is 3.56. The van der Waals surface area contributed by atoms with E-state index in [0.717, 1.165) is 19.3 Å². The molecule has 3 rings (SSSR count). The molecule has 124 valence electrons. The molecule has 8 heteroatoms. The van der Waals surface area contributed by atoms with Crippen LogP contribution in [0, 0.1) is 5.92 Å². The maximum Gasteiger partial charge on any atom is 0.263 e. The Balaban J connectivity index is 1.67. The molecular formula is C15H22N6O2. The summed E-state index contributed by atoms with van der Waals surface area (Å²) in [5.74, 6) is 0.785. The van der Waals surface area contributed by atoms with Crippen molar-refractivity contribution in [3.8, 4) is 0 Å². The van der Waals surface area contributed by atoms with Gasteiger partial charge in [-0.1, -0.05) is 6.42 Å². The first-order valence-corrected chi connectivity index (χ1v) is 7.89. The number of amides is 1. The second-order valence-corrected chi connectivity index (χ2v) is 6.31. The molecule has 23 heavy (non-hydrogen) atoms. The fourth-order valence-electron chi connectivity index (χ4n) is 2.85. The summed E-state index contributed by atoms with van der Waals surface area (Å²) in [5.41, 5.74) is 0.305. The number of hydrogen-bond acceptors (Lipinski definition) is 5. The van der Waals surface area contributed by atoms with Gasteiger partial charge in [-0.2, -0.15) is 10.1 Å². The highest BCUT2D eigenvalue weighted by Crippen LogP contribution is 2.27. The van der Waals surface area contributed by atoms with Gasteiger partial charge in [0.05, 0.1) is 6.20 Å². The standard InChI is InChI=1S/C15H22N6O2/c1-9(8-20(2)14(23)10-5-4-6-10)17-15-18-12-11(13(22)19-15)7-16-21(12)3/h7,9-10H,4-6,8H2,1-3H3,(H2,17,18,19,22). The molecule has 0 spiro atoms. The van der Waals surface area contributed by atoms with Crippen LogP contribution in [-0.4, -0.2) is 50.2 Å². The van der Waals surface area contributed by atoms with Crippen LogP contribution in [0.5, 0.6) is 0 Å². The molecular weight excluding hydrogens is 296 g/mol. The van der Waals surface area contributed by atoms with Gasteiger partial charge >= 0.3 is 0 Å². The van der Waals surface area contributed by atoms with Crippen molar-refractivity contribution in [1.82, 2.24) is 24.6 Å². The number of nitrogens with one attached hydrogen (secondary N) is 2. The number of aromatic amines is 1. The maximum absolute atomic E-state index is 12.2. The van der Waals surface area contributed by atoms with E-state index < -0.39 is 0 Å². The minimum Gasteiger partial charge on any atom is -0.351 e. The first kappa shape index (κ1) is 15.5. The summed E-state index contributed by atoms with van der Waals surface area (Å²) in [5, 5.41) is 7.65. The van der Waals surface area contributed by atoms with Crippen LogP contribution >= 0.6 is 0 Å². The Morgan fingerprint density at radius 1 is 1.57 bits per heavy atom. The third kappa shape index (κ3) is 3.06. The summed E-state index contributed by atoms with van der Waals surface area (Å²) in [6.45, 7) is 2.51. The zero-order valence-electron chi connectivity index (χ0n) is 13.7. The van der Waals surface area contributed by atoms with Gasteiger partial charge in [0.25, 0.3) is 5.56 Å². The fourth-order valence-corrected chi connectivity index (χ4v) is 2.85. The Hall–Kier alpha value is -2.38. The minimum absolute atomic E-state index is 0.0298. The molecule has 1 unspecified atom stereocenters. The molecule has 2 aromatic rings. The number of H-pyrrole nitrogens is 1. The van der Waals surface area contributed by atoms with Crippen LogP contribution in [-0.2, 0) is 11.8 Å². The van der Waals surface area contributed by atoms with Crippen LogP contribution < -0.4 is 10.9 Å². The van der Waals surface area contributed by atoms with Gasteiger partial charge in [-0.3, -0.25) is 19.3 Å². The monoisotopic (exact) mass is 318 g/mol. The number of anilines is 1. The van der Waals surface area contributed by atoms with E-state index >= 15 is 0 Å². The smallest absolute Gasteiger partial charge is 0.263 e. The van der Waals surface area contributed by atoms with Gasteiger partial charge in [0, 0.05) is 32.6 Å². The van der Waals surface area contributed by atoms with E-state index in [4.69, 9.17) is 0 Å². The minimum atomic E-state index is -0.225. The second kappa shape index (κ2) is 6.02. The normalized spacial score (nSPS) is 16.1. The average Bonchev–Trinajstić information content (AvgIpc) is 2.79. The van der Waals surface area contributed by atoms with Crippen molar-refractivity contribution in [3.05, 3.63) is 16.6 Å². The van der Waals surface area contributed by atoms with Crippen molar-refractivity contribution in [2.75, 3.05) is 18.9 Å². The van der Waals surface area contributed by atoms with Gasteiger partial charge in [0.2, 0.25) is 11.9 Å². The van der Waals surface area contributed by atoms with Crippen LogP contribution in [0.3, 0.4) is 0 Å². The average molecular weight is 318 g/mol. The number of fused-ring (bicyclic) bond motifs is 1. The quantitative estimate of drug-likeness (QED) is 0.846. The SMILES string of the molecule is CC(CN(C)C(=O)C1CCC1)Nc1nc2c(cnn2C)c(=O)[nH]1. The lowest BCUT2D eigenvalue weighted by atomic mass is 9.84. The predicted molar refractivity (Wildman–Crippen MR) is 87.2 cm³/mol. The molecule has 1 aliphatic rings. The van der Waals surface area contributed by atoms with Crippen LogP contribution in [0.2, 0.25) is 0 Å². The largest absolute Gasteiger partial charge is 0.351 e. The van der Waals surface area contributed by atoms with E-state index in [-0.39, 0.29) is 23.4 Å². The summed E-state index contributed by atoms with van der Waals surface area (Å²) < 4.78 is 1.56. The Bertz CT molecular complexity index is 776. The van der Waals surface area contributed by atoms with Crippen molar-refractivity contribution in [2.45, 2.75) is 32.2 Å². The van der Waals surface area contributed by atoms with Crippen molar-refractivity contribution >= 4 is 22.9 Å². The highest BCUT2D eigenvalue weighted by Gasteiger charge is 2.28. The summed E-state index contributed by atoms with van der Waals surface area (Å²) in [4.78, 5) is 33.0. The number of rotatable bonds is 5. The Kier molecular flexibility index (Phi) is 4.06. The molecule has 8 nitrogen and oxygen atoms in total. The summed E-state index contributed by atoms with van der Waals surface area (Å²) in [6, 6.07) is -0.0298. The molecule has 2 N–H and O–H groups in total. The lowest BCUT2D eigenvalue weighted by Crippen LogP contribution is -2.41. The molecule has 0 aliphatic heterocycles. The predicted octanol–water partition coefficient (Wildman–Crippen LogP) is 0.715. The number of aromatic nitrogens is 4. The van der Waals surface area contributed by atoms with E-state index in [1.807, 2.05) is 14.0 Å². The Morgan fingerprint density at radius 3 is 2.96 bits per heavy atom. The van der Waals surface area contributed by atoms with Gasteiger partial charge in [-0.05, 0) is 19.8 Å². The van der Waals surface area contributed by atoms with E-state index in [2.05, 4.69) is 20.4 Å². The van der Waals surface area contributed by atoms with Crippen molar-refractivity contribution in [3.63, 3.8) is 0 Å². The molecule has 1 saturated carbocycles. The van der Waals surface area contributed by atoms with Crippen molar-refractivity contribution < 1.29 is 4.79 Å². The lowest BCUT2D eigenvalue weighted by Gasteiger charge is -2.30. The van der Waals surface area contributed by atoms with Gasteiger partial charge in [-0.15, -0.1) is 0 Å².